The number of hydrogen-bond donors (Lipinski definition) is 2. The molecule has 1 aromatic carbocycles. The Morgan fingerprint density at radius 2 is 1.94 bits per heavy atom. The lowest BCUT2D eigenvalue weighted by Gasteiger charge is -2.10. The average Bonchev–Trinajstić information content (AvgIpc) is 2.32. The molecule has 0 saturated heterocycles. The van der Waals surface area contributed by atoms with Crippen molar-refractivity contribution in [3.8, 4) is 0 Å². The van der Waals surface area contributed by atoms with Crippen LogP contribution in [0.1, 0.15) is 19.4 Å². The first-order valence-corrected chi connectivity index (χ1v) is 5.94. The third-order valence-electron chi connectivity index (χ3n) is 2.38. The maximum absolute atomic E-state index is 4.35. The molecule has 1 heterocycles. The van der Waals surface area contributed by atoms with Gasteiger partial charge in [-0.25, -0.2) is 0 Å². The zero-order valence-electron chi connectivity index (χ0n) is 10.8. The van der Waals surface area contributed by atoms with Crippen molar-refractivity contribution in [2.75, 3.05) is 10.6 Å². The Balaban J connectivity index is 2.17. The van der Waals surface area contributed by atoms with Crippen molar-refractivity contribution < 1.29 is 0 Å². The van der Waals surface area contributed by atoms with Crippen LogP contribution in [-0.4, -0.2) is 21.2 Å². The van der Waals surface area contributed by atoms with E-state index in [0.29, 0.717) is 11.8 Å². The van der Waals surface area contributed by atoms with Gasteiger partial charge in [0.1, 0.15) is 0 Å². The molecule has 2 N–H and O–H groups in total. The van der Waals surface area contributed by atoms with Gasteiger partial charge in [-0.15, -0.1) is 5.10 Å². The maximum atomic E-state index is 4.35. The Bertz CT molecular complexity index is 524. The van der Waals surface area contributed by atoms with E-state index < -0.39 is 0 Å². The van der Waals surface area contributed by atoms with E-state index in [2.05, 4.69) is 25.8 Å². The topological polar surface area (TPSA) is 62.7 Å². The lowest BCUT2D eigenvalue weighted by molar-refractivity contribution is 0.852. The summed E-state index contributed by atoms with van der Waals surface area (Å²) in [6.45, 7) is 6.11. The summed E-state index contributed by atoms with van der Waals surface area (Å²) in [7, 11) is 0. The summed E-state index contributed by atoms with van der Waals surface area (Å²) in [4.78, 5) is 4.35. The summed E-state index contributed by atoms with van der Waals surface area (Å²) in [5.74, 6) is 1.21. The number of benzene rings is 1. The number of para-hydroxylation sites is 1. The Labute approximate surface area is 107 Å². The van der Waals surface area contributed by atoms with Gasteiger partial charge in [-0.05, 0) is 32.4 Å². The zero-order valence-corrected chi connectivity index (χ0v) is 10.8. The van der Waals surface area contributed by atoms with E-state index in [1.54, 1.807) is 6.20 Å². The van der Waals surface area contributed by atoms with Gasteiger partial charge in [0.25, 0.3) is 0 Å². The fourth-order valence-electron chi connectivity index (χ4n) is 1.53. The predicted octanol–water partition coefficient (Wildman–Crippen LogP) is 2.74. The number of anilines is 3. The second kappa shape index (κ2) is 5.44. The summed E-state index contributed by atoms with van der Waals surface area (Å²) in [6.07, 6.45) is 1.61. The van der Waals surface area contributed by atoms with Crippen molar-refractivity contribution in [3.05, 3.63) is 36.0 Å². The fourth-order valence-corrected chi connectivity index (χ4v) is 1.53. The molecule has 2 rings (SSSR count). The first-order chi connectivity index (χ1) is 8.65. The maximum Gasteiger partial charge on any atom is 0.244 e. The molecule has 0 aliphatic carbocycles. The van der Waals surface area contributed by atoms with E-state index in [4.69, 9.17) is 0 Å². The quantitative estimate of drug-likeness (QED) is 0.864. The monoisotopic (exact) mass is 243 g/mol. The number of hydrogen-bond acceptors (Lipinski definition) is 5. The van der Waals surface area contributed by atoms with Gasteiger partial charge < -0.3 is 10.6 Å². The molecule has 0 spiro atoms. The number of nitrogens with zero attached hydrogens (tertiary/aromatic N) is 3. The SMILES string of the molecule is Cc1ccccc1Nc1cnnc(NC(C)C)n1. The van der Waals surface area contributed by atoms with Crippen molar-refractivity contribution in [1.82, 2.24) is 15.2 Å². The van der Waals surface area contributed by atoms with Gasteiger partial charge in [0.15, 0.2) is 5.82 Å². The van der Waals surface area contributed by atoms with Crippen LogP contribution in [-0.2, 0) is 0 Å². The van der Waals surface area contributed by atoms with Gasteiger partial charge in [-0.2, -0.15) is 10.1 Å². The Morgan fingerprint density at radius 1 is 1.17 bits per heavy atom. The third-order valence-corrected chi connectivity index (χ3v) is 2.38. The van der Waals surface area contributed by atoms with Crippen LogP contribution in [0.3, 0.4) is 0 Å². The molecule has 5 nitrogen and oxygen atoms in total. The van der Waals surface area contributed by atoms with Crippen molar-refractivity contribution >= 4 is 17.5 Å². The molecule has 0 saturated carbocycles. The van der Waals surface area contributed by atoms with Crippen LogP contribution in [0.25, 0.3) is 0 Å². The van der Waals surface area contributed by atoms with Crippen molar-refractivity contribution in [2.45, 2.75) is 26.8 Å². The van der Waals surface area contributed by atoms with E-state index in [1.807, 2.05) is 45.0 Å². The van der Waals surface area contributed by atoms with Crippen LogP contribution in [0.4, 0.5) is 17.5 Å². The van der Waals surface area contributed by atoms with Crippen molar-refractivity contribution in [3.63, 3.8) is 0 Å². The molecule has 0 atom stereocenters. The van der Waals surface area contributed by atoms with E-state index in [1.165, 1.54) is 0 Å². The minimum Gasteiger partial charge on any atom is -0.351 e. The first kappa shape index (κ1) is 12.3. The van der Waals surface area contributed by atoms with Gasteiger partial charge >= 0.3 is 0 Å². The molecule has 0 bridgehead atoms. The van der Waals surface area contributed by atoms with Crippen LogP contribution >= 0.6 is 0 Å². The standard InChI is InChI=1S/C13H17N5/c1-9(2)15-13-17-12(8-14-18-13)16-11-7-5-4-6-10(11)3/h4-9H,1-3H3,(H2,15,16,17,18). The molecule has 0 amide bonds. The van der Waals surface area contributed by atoms with Crippen LogP contribution < -0.4 is 10.6 Å². The molecule has 0 unspecified atom stereocenters. The summed E-state index contributed by atoms with van der Waals surface area (Å²) >= 11 is 0. The van der Waals surface area contributed by atoms with Crippen molar-refractivity contribution in [1.29, 1.82) is 0 Å². The minimum absolute atomic E-state index is 0.278. The van der Waals surface area contributed by atoms with Gasteiger partial charge in [-0.3, -0.25) is 0 Å². The summed E-state index contributed by atoms with van der Waals surface area (Å²) in [6, 6.07) is 8.32. The number of aryl methyl sites for hydroxylation is 1. The molecule has 0 aliphatic rings. The Hall–Kier alpha value is -2.17. The fraction of sp³-hybridized carbons (Fsp3) is 0.308. The molecule has 94 valence electrons. The van der Waals surface area contributed by atoms with Crippen LogP contribution in [0.2, 0.25) is 0 Å². The molecule has 0 fully saturated rings. The second-order valence-electron chi connectivity index (χ2n) is 4.40. The summed E-state index contributed by atoms with van der Waals surface area (Å²) < 4.78 is 0. The number of aromatic nitrogens is 3. The lowest BCUT2D eigenvalue weighted by Crippen LogP contribution is -2.13. The zero-order chi connectivity index (χ0) is 13.0. The van der Waals surface area contributed by atoms with E-state index in [9.17, 15) is 0 Å². The first-order valence-electron chi connectivity index (χ1n) is 5.94. The summed E-state index contributed by atoms with van der Waals surface area (Å²) in [5, 5.41) is 14.2. The molecule has 18 heavy (non-hydrogen) atoms. The third kappa shape index (κ3) is 3.16. The highest BCUT2D eigenvalue weighted by molar-refractivity contribution is 5.59. The van der Waals surface area contributed by atoms with Gasteiger partial charge in [0.2, 0.25) is 5.95 Å². The van der Waals surface area contributed by atoms with Crippen LogP contribution in [0, 0.1) is 6.92 Å². The predicted molar refractivity (Wildman–Crippen MR) is 73.0 cm³/mol. The Kier molecular flexibility index (Phi) is 3.72. The molecule has 1 aromatic heterocycles. The van der Waals surface area contributed by atoms with Crippen LogP contribution in [0.15, 0.2) is 30.5 Å². The largest absolute Gasteiger partial charge is 0.351 e. The summed E-state index contributed by atoms with van der Waals surface area (Å²) in [5.41, 5.74) is 2.18. The molecule has 0 radical (unpaired) electrons. The van der Waals surface area contributed by atoms with Crippen molar-refractivity contribution in [2.24, 2.45) is 0 Å². The van der Waals surface area contributed by atoms with E-state index in [-0.39, 0.29) is 6.04 Å². The van der Waals surface area contributed by atoms with Gasteiger partial charge in [0.05, 0.1) is 6.20 Å². The van der Waals surface area contributed by atoms with Gasteiger partial charge in [-0.1, -0.05) is 18.2 Å². The smallest absolute Gasteiger partial charge is 0.244 e. The van der Waals surface area contributed by atoms with Crippen LogP contribution in [0.5, 0.6) is 0 Å². The average molecular weight is 243 g/mol. The highest BCUT2D eigenvalue weighted by Gasteiger charge is 2.03. The highest BCUT2D eigenvalue weighted by Crippen LogP contribution is 2.18. The lowest BCUT2D eigenvalue weighted by atomic mass is 10.2. The number of rotatable bonds is 4. The molecule has 5 heteroatoms. The molecule has 0 aliphatic heterocycles. The van der Waals surface area contributed by atoms with E-state index in [0.717, 1.165) is 11.3 Å². The second-order valence-corrected chi connectivity index (χ2v) is 4.40. The van der Waals surface area contributed by atoms with E-state index >= 15 is 0 Å². The number of nitrogens with one attached hydrogen (secondary N) is 2. The Morgan fingerprint density at radius 3 is 2.67 bits per heavy atom. The molecular weight excluding hydrogens is 226 g/mol. The normalized spacial score (nSPS) is 10.4. The minimum atomic E-state index is 0.278. The van der Waals surface area contributed by atoms with Gasteiger partial charge in [0, 0.05) is 11.7 Å². The highest BCUT2D eigenvalue weighted by atomic mass is 15.3. The molecule has 2 aromatic rings. The molecular formula is C13H17N5.